The molecular formula is C22H31N2O6+. The number of carbonyl (C=O) groups excluding carboxylic acids is 2. The van der Waals surface area contributed by atoms with Crippen LogP contribution in [0.5, 0.6) is 0 Å². The summed E-state index contributed by atoms with van der Waals surface area (Å²) in [4.78, 5) is 25.1. The molecule has 2 aliphatic carbocycles. The number of amides is 1. The number of hydrogen-bond acceptors (Lipinski definition) is 7. The molecule has 0 radical (unpaired) electrons. The van der Waals surface area contributed by atoms with Crippen LogP contribution in [0, 0.1) is 11.8 Å². The van der Waals surface area contributed by atoms with Crippen molar-refractivity contribution < 1.29 is 29.5 Å². The van der Waals surface area contributed by atoms with Gasteiger partial charge in [-0.1, -0.05) is 19.1 Å². The average molecular weight is 419 g/mol. The van der Waals surface area contributed by atoms with Crippen molar-refractivity contribution >= 4 is 23.3 Å². The second-order valence-electron chi connectivity index (χ2n) is 9.69. The number of ether oxygens (including phenoxy) is 2. The third kappa shape index (κ3) is 3.05. The third-order valence-corrected chi connectivity index (χ3v) is 6.55. The average Bonchev–Trinajstić information content (AvgIpc) is 3.24. The molecule has 5 atom stereocenters. The lowest BCUT2D eigenvalue weighted by Gasteiger charge is -2.41. The number of hydroxylamine groups is 3. The summed E-state index contributed by atoms with van der Waals surface area (Å²) in [5, 5.41) is 23.9. The number of rotatable bonds is 3. The van der Waals surface area contributed by atoms with Gasteiger partial charge in [0.15, 0.2) is 0 Å². The molecule has 1 amide bonds. The number of fused-ring (bicyclic) bond motifs is 2. The van der Waals surface area contributed by atoms with E-state index in [1.807, 2.05) is 0 Å². The van der Waals surface area contributed by atoms with Gasteiger partial charge in [-0.05, 0) is 51.5 Å². The number of nitrogens with zero attached hydrogens (tertiary/aromatic N) is 2. The second kappa shape index (κ2) is 7.02. The molecule has 2 fully saturated rings. The van der Waals surface area contributed by atoms with Crippen LogP contribution in [-0.4, -0.2) is 39.8 Å². The number of ketones is 1. The quantitative estimate of drug-likeness (QED) is 0.555. The van der Waals surface area contributed by atoms with E-state index in [-0.39, 0.29) is 35.8 Å². The Balaban J connectivity index is 1.72. The number of para-hydroxylation sites is 2. The van der Waals surface area contributed by atoms with Gasteiger partial charge >= 0.3 is 11.9 Å². The molecule has 2 saturated carbocycles. The number of benzene rings is 1. The number of hydrogen-bond donors (Lipinski definition) is 2. The van der Waals surface area contributed by atoms with Gasteiger partial charge in [0, 0.05) is 23.6 Å². The SMILES string of the molecule is CCC1(OC2CC3CC(=O)C[C@H]3C2)N(O)c2ccccc2[N+]1(O)C(=O)OC(C)(C)C. The van der Waals surface area contributed by atoms with Gasteiger partial charge < -0.3 is 9.47 Å². The standard InChI is InChI=1S/C22H31N2O6/c1-5-22(29-17-12-14-10-16(25)11-15(14)13-17)23(27)18-8-6-7-9-19(18)24(22,28)20(26)30-21(2,3)4/h6-9,14-15,17,27-28H,5,10-13H2,1-4H3/q+1/t14-,15?,17?,22?,24?/m0/s1. The Labute approximate surface area is 176 Å². The highest BCUT2D eigenvalue weighted by molar-refractivity contribution is 5.90. The first kappa shape index (κ1) is 21.2. The molecule has 8 heteroatoms. The van der Waals surface area contributed by atoms with Gasteiger partial charge in [0.05, 0.1) is 12.5 Å². The van der Waals surface area contributed by atoms with Crippen LogP contribution in [0.25, 0.3) is 0 Å². The van der Waals surface area contributed by atoms with Crippen LogP contribution >= 0.6 is 0 Å². The van der Waals surface area contributed by atoms with E-state index in [1.54, 1.807) is 52.0 Å². The first-order chi connectivity index (χ1) is 14.0. The van der Waals surface area contributed by atoms with Crippen molar-refractivity contribution in [3.05, 3.63) is 24.3 Å². The molecule has 1 aromatic rings. The maximum absolute atomic E-state index is 13.3. The first-order valence-electron chi connectivity index (χ1n) is 10.7. The van der Waals surface area contributed by atoms with Crippen molar-refractivity contribution in [3.63, 3.8) is 0 Å². The Morgan fingerprint density at radius 1 is 1.23 bits per heavy atom. The zero-order valence-corrected chi connectivity index (χ0v) is 18.0. The van der Waals surface area contributed by atoms with Crippen LogP contribution in [0.4, 0.5) is 16.2 Å². The Hall–Kier alpha value is -2.00. The Morgan fingerprint density at radius 2 is 1.83 bits per heavy atom. The summed E-state index contributed by atoms with van der Waals surface area (Å²) in [5.41, 5.74) is -0.349. The normalized spacial score (nSPS) is 35.5. The molecule has 1 heterocycles. The fourth-order valence-electron chi connectivity index (χ4n) is 5.28. The zero-order chi connectivity index (χ0) is 21.9. The van der Waals surface area contributed by atoms with Crippen LogP contribution in [0.3, 0.4) is 0 Å². The van der Waals surface area contributed by atoms with Crippen molar-refractivity contribution in [2.45, 2.75) is 77.4 Å². The summed E-state index contributed by atoms with van der Waals surface area (Å²) in [7, 11) is 0. The largest absolute Gasteiger partial charge is 0.559 e. The molecule has 30 heavy (non-hydrogen) atoms. The van der Waals surface area contributed by atoms with Crippen LogP contribution in [0.1, 0.15) is 59.8 Å². The van der Waals surface area contributed by atoms with Gasteiger partial charge in [-0.2, -0.15) is 15.1 Å². The maximum Gasteiger partial charge on any atom is 0.559 e. The number of Topliss-reactive ketones (excluding diaryl/α,β-unsaturated/α-hetero) is 1. The minimum absolute atomic E-state index is 0.124. The summed E-state index contributed by atoms with van der Waals surface area (Å²) in [6.07, 6.45) is 1.35. The van der Waals surface area contributed by atoms with Crippen molar-refractivity contribution in [1.29, 1.82) is 0 Å². The summed E-state index contributed by atoms with van der Waals surface area (Å²) >= 11 is 0. The predicted molar refractivity (Wildman–Crippen MR) is 109 cm³/mol. The van der Waals surface area contributed by atoms with Gasteiger partial charge in [-0.15, -0.1) is 0 Å². The lowest BCUT2D eigenvalue weighted by molar-refractivity contribution is -0.280. The molecule has 0 spiro atoms. The van der Waals surface area contributed by atoms with Crippen molar-refractivity contribution in [2.24, 2.45) is 11.8 Å². The van der Waals surface area contributed by atoms with Gasteiger partial charge in [-0.25, -0.2) is 0 Å². The van der Waals surface area contributed by atoms with E-state index >= 15 is 0 Å². The molecule has 4 rings (SSSR count). The topological polar surface area (TPSA) is 96.3 Å². The third-order valence-electron chi connectivity index (χ3n) is 6.55. The summed E-state index contributed by atoms with van der Waals surface area (Å²) in [6.45, 7) is 6.92. The predicted octanol–water partition coefficient (Wildman–Crippen LogP) is 4.37. The zero-order valence-electron chi connectivity index (χ0n) is 18.0. The lowest BCUT2D eigenvalue weighted by atomic mass is 10.0. The minimum Gasteiger partial charge on any atom is -0.412 e. The molecule has 2 N–H and O–H groups in total. The molecule has 164 valence electrons. The fourth-order valence-corrected chi connectivity index (χ4v) is 5.28. The maximum atomic E-state index is 13.3. The van der Waals surface area contributed by atoms with Crippen molar-refractivity contribution in [1.82, 2.24) is 4.65 Å². The van der Waals surface area contributed by atoms with E-state index in [9.17, 15) is 20.0 Å². The van der Waals surface area contributed by atoms with E-state index in [1.165, 1.54) is 0 Å². The van der Waals surface area contributed by atoms with Crippen LogP contribution in [0.15, 0.2) is 24.3 Å². The van der Waals surface area contributed by atoms with E-state index in [4.69, 9.17) is 9.47 Å². The number of quaternary nitrogens is 1. The van der Waals surface area contributed by atoms with Crippen molar-refractivity contribution in [3.8, 4) is 0 Å². The molecule has 1 aromatic carbocycles. The summed E-state index contributed by atoms with van der Waals surface area (Å²) in [5.74, 6) is -0.977. The number of anilines is 1. The fraction of sp³-hybridized carbons (Fsp3) is 0.636. The summed E-state index contributed by atoms with van der Waals surface area (Å²) in [6, 6.07) is 6.63. The Morgan fingerprint density at radius 3 is 2.40 bits per heavy atom. The van der Waals surface area contributed by atoms with E-state index < -0.39 is 22.2 Å². The van der Waals surface area contributed by atoms with Crippen LogP contribution in [0.2, 0.25) is 0 Å². The lowest BCUT2D eigenvalue weighted by Crippen LogP contribution is -2.72. The molecule has 0 aromatic heterocycles. The van der Waals surface area contributed by atoms with E-state index in [0.717, 1.165) is 5.06 Å². The highest BCUT2D eigenvalue weighted by atomic mass is 16.7. The smallest absolute Gasteiger partial charge is 0.412 e. The van der Waals surface area contributed by atoms with Gasteiger partial charge in [0.25, 0.3) is 0 Å². The van der Waals surface area contributed by atoms with Crippen LogP contribution < -0.4 is 9.71 Å². The molecule has 1 aliphatic heterocycles. The highest BCUT2D eigenvalue weighted by Crippen LogP contribution is 2.54. The highest BCUT2D eigenvalue weighted by Gasteiger charge is 2.72. The molecular weight excluding hydrogens is 388 g/mol. The van der Waals surface area contributed by atoms with Crippen molar-refractivity contribution in [2.75, 3.05) is 5.06 Å². The Kier molecular flexibility index (Phi) is 4.97. The molecule has 4 unspecified atom stereocenters. The second-order valence-corrected chi connectivity index (χ2v) is 9.69. The molecule has 3 aliphatic rings. The first-order valence-corrected chi connectivity index (χ1v) is 10.7. The molecule has 0 bridgehead atoms. The molecule has 8 nitrogen and oxygen atoms in total. The number of carbonyl (C=O) groups is 2. The van der Waals surface area contributed by atoms with E-state index in [0.29, 0.717) is 31.4 Å². The van der Waals surface area contributed by atoms with Crippen LogP contribution in [-0.2, 0) is 14.3 Å². The minimum atomic E-state index is -1.78. The van der Waals surface area contributed by atoms with Gasteiger partial charge in [-0.3, -0.25) is 10.0 Å². The Bertz CT molecular complexity index is 851. The van der Waals surface area contributed by atoms with Gasteiger partial charge in [0.1, 0.15) is 17.1 Å². The van der Waals surface area contributed by atoms with Gasteiger partial charge in [0.2, 0.25) is 5.69 Å². The monoisotopic (exact) mass is 419 g/mol. The van der Waals surface area contributed by atoms with E-state index in [2.05, 4.69) is 0 Å². The summed E-state index contributed by atoms with van der Waals surface area (Å²) < 4.78 is 10.7. The molecule has 0 saturated heterocycles.